The summed E-state index contributed by atoms with van der Waals surface area (Å²) >= 11 is 0. The van der Waals surface area contributed by atoms with Crippen molar-refractivity contribution in [1.29, 1.82) is 5.26 Å². The van der Waals surface area contributed by atoms with Gasteiger partial charge in [0.05, 0.1) is 18.1 Å². The number of carbonyl (C=O) groups excluding carboxylic acids is 1. The molecule has 0 aromatic heterocycles. The molecule has 0 saturated heterocycles. The smallest absolute Gasteiger partial charge is 0.313 e. The molecule has 0 heterocycles. The highest BCUT2D eigenvalue weighted by molar-refractivity contribution is 5.75. The van der Waals surface area contributed by atoms with E-state index in [0.29, 0.717) is 19.3 Å². The average Bonchev–Trinajstić information content (AvgIpc) is 2.47. The van der Waals surface area contributed by atoms with E-state index in [-0.39, 0.29) is 6.10 Å². The van der Waals surface area contributed by atoms with Crippen LogP contribution in [-0.4, -0.2) is 22.8 Å². The molecule has 0 unspecified atom stereocenters. The summed E-state index contributed by atoms with van der Waals surface area (Å²) in [5.74, 6) is -1.13. The first kappa shape index (κ1) is 11.0. The minimum Gasteiger partial charge on any atom is -0.463 e. The van der Waals surface area contributed by atoms with E-state index in [4.69, 9.17) is 10.00 Å². The topological polar surface area (TPSA) is 70.3 Å². The van der Waals surface area contributed by atoms with Crippen LogP contribution in [0.2, 0.25) is 0 Å². The van der Waals surface area contributed by atoms with Gasteiger partial charge in [-0.2, -0.15) is 5.26 Å². The predicted molar refractivity (Wildman–Crippen MR) is 49.1 cm³/mol. The van der Waals surface area contributed by atoms with Crippen LogP contribution in [0.1, 0.15) is 33.1 Å². The molecule has 1 aliphatic rings. The molecule has 78 valence electrons. The number of hydrogen-bond donors (Lipinski definition) is 1. The van der Waals surface area contributed by atoms with E-state index in [9.17, 15) is 9.90 Å². The molecule has 0 spiro atoms. The second-order valence-corrected chi connectivity index (χ2v) is 3.97. The minimum atomic E-state index is -1.51. The van der Waals surface area contributed by atoms with Gasteiger partial charge in [0.2, 0.25) is 0 Å². The second-order valence-electron chi connectivity index (χ2n) is 3.97. The van der Waals surface area contributed by atoms with Crippen LogP contribution in [0.3, 0.4) is 0 Å². The largest absolute Gasteiger partial charge is 0.463 e. The number of nitriles is 1. The Bertz CT molecular complexity index is 269. The third kappa shape index (κ3) is 2.05. The number of carbonyl (C=O) groups is 1. The average molecular weight is 197 g/mol. The molecule has 0 aromatic rings. The van der Waals surface area contributed by atoms with Crippen molar-refractivity contribution in [3.8, 4) is 6.07 Å². The number of hydrogen-bond acceptors (Lipinski definition) is 4. The van der Waals surface area contributed by atoms with Crippen molar-refractivity contribution in [3.05, 3.63) is 0 Å². The molecular formula is C10H15NO3. The van der Waals surface area contributed by atoms with Crippen molar-refractivity contribution in [2.24, 2.45) is 5.92 Å². The summed E-state index contributed by atoms with van der Waals surface area (Å²) in [4.78, 5) is 11.5. The Morgan fingerprint density at radius 3 is 2.86 bits per heavy atom. The Kier molecular flexibility index (Phi) is 3.12. The van der Waals surface area contributed by atoms with E-state index >= 15 is 0 Å². The number of rotatable bonds is 2. The number of nitrogens with zero attached hydrogens (tertiary/aromatic N) is 1. The highest BCUT2D eigenvalue weighted by Gasteiger charge is 2.46. The first-order valence-electron chi connectivity index (χ1n) is 4.84. The first-order chi connectivity index (χ1) is 6.49. The first-order valence-corrected chi connectivity index (χ1v) is 4.84. The Labute approximate surface area is 83.5 Å². The summed E-state index contributed by atoms with van der Waals surface area (Å²) in [6, 6.07) is 1.80. The highest BCUT2D eigenvalue weighted by Crippen LogP contribution is 2.36. The van der Waals surface area contributed by atoms with Crippen LogP contribution in [-0.2, 0) is 9.53 Å². The molecule has 4 heteroatoms. The van der Waals surface area contributed by atoms with E-state index in [0.717, 1.165) is 0 Å². The lowest BCUT2D eigenvalue weighted by atomic mass is 9.92. The third-order valence-corrected chi connectivity index (χ3v) is 2.46. The van der Waals surface area contributed by atoms with Gasteiger partial charge in [0.25, 0.3) is 0 Å². The Morgan fingerprint density at radius 1 is 1.71 bits per heavy atom. The summed E-state index contributed by atoms with van der Waals surface area (Å²) in [5, 5.41) is 18.6. The maximum Gasteiger partial charge on any atom is 0.313 e. The van der Waals surface area contributed by atoms with Crippen molar-refractivity contribution >= 4 is 5.97 Å². The lowest BCUT2D eigenvalue weighted by Crippen LogP contribution is -2.38. The number of esters is 1. The van der Waals surface area contributed by atoms with Crippen molar-refractivity contribution < 1.29 is 14.6 Å². The van der Waals surface area contributed by atoms with E-state index in [1.54, 1.807) is 19.9 Å². The molecule has 4 nitrogen and oxygen atoms in total. The molecule has 2 atom stereocenters. The zero-order chi connectivity index (χ0) is 10.8. The van der Waals surface area contributed by atoms with Gasteiger partial charge in [-0.05, 0) is 33.1 Å². The van der Waals surface area contributed by atoms with E-state index in [2.05, 4.69) is 0 Å². The summed E-state index contributed by atoms with van der Waals surface area (Å²) in [6.07, 6.45) is 1.39. The summed E-state index contributed by atoms with van der Waals surface area (Å²) in [7, 11) is 0. The Hall–Kier alpha value is -1.08. The van der Waals surface area contributed by atoms with Gasteiger partial charge in [-0.3, -0.25) is 4.79 Å². The van der Waals surface area contributed by atoms with Crippen molar-refractivity contribution in [2.75, 3.05) is 0 Å². The standard InChI is InChI=1S/C10H15NO3/c1-7(2)14-9(12)8-4-3-5-10(8,13)6-11/h7-8,13H,3-5H2,1-2H3/t8-,10-/m1/s1. The number of ether oxygens (including phenoxy) is 1. The predicted octanol–water partition coefficient (Wildman–Crippen LogP) is 0.993. The lowest BCUT2D eigenvalue weighted by Gasteiger charge is -2.21. The van der Waals surface area contributed by atoms with Gasteiger partial charge in [-0.15, -0.1) is 0 Å². The Balaban J connectivity index is 2.69. The van der Waals surface area contributed by atoms with E-state index in [1.165, 1.54) is 0 Å². The zero-order valence-electron chi connectivity index (χ0n) is 8.49. The molecule has 0 bridgehead atoms. The number of aliphatic hydroxyl groups is 1. The second kappa shape index (κ2) is 3.97. The molecule has 0 radical (unpaired) electrons. The normalized spacial score (nSPS) is 31.5. The van der Waals surface area contributed by atoms with Gasteiger partial charge in [-0.1, -0.05) is 0 Å². The fraction of sp³-hybridized carbons (Fsp3) is 0.800. The fourth-order valence-corrected chi connectivity index (χ4v) is 1.75. The summed E-state index contributed by atoms with van der Waals surface area (Å²) < 4.78 is 4.98. The highest BCUT2D eigenvalue weighted by atomic mass is 16.5. The SMILES string of the molecule is CC(C)OC(=O)[C@H]1CCC[C@@]1(O)C#N. The maximum absolute atomic E-state index is 11.5. The quantitative estimate of drug-likeness (QED) is 0.529. The monoisotopic (exact) mass is 197 g/mol. The Morgan fingerprint density at radius 2 is 2.36 bits per heavy atom. The molecule has 1 aliphatic carbocycles. The molecular weight excluding hydrogens is 182 g/mol. The summed E-state index contributed by atoms with van der Waals surface area (Å²) in [5.41, 5.74) is -1.51. The van der Waals surface area contributed by atoms with Crippen LogP contribution in [0.15, 0.2) is 0 Å². The van der Waals surface area contributed by atoms with Gasteiger partial charge in [0.1, 0.15) is 0 Å². The fourth-order valence-electron chi connectivity index (χ4n) is 1.75. The van der Waals surface area contributed by atoms with Crippen molar-refractivity contribution in [2.45, 2.75) is 44.8 Å². The van der Waals surface area contributed by atoms with Crippen LogP contribution in [0.4, 0.5) is 0 Å². The summed E-state index contributed by atoms with van der Waals surface area (Å²) in [6.45, 7) is 3.50. The van der Waals surface area contributed by atoms with E-state index in [1.807, 2.05) is 0 Å². The van der Waals surface area contributed by atoms with Crippen LogP contribution in [0, 0.1) is 17.2 Å². The van der Waals surface area contributed by atoms with Crippen LogP contribution in [0.25, 0.3) is 0 Å². The van der Waals surface area contributed by atoms with Crippen LogP contribution < -0.4 is 0 Å². The van der Waals surface area contributed by atoms with Gasteiger partial charge in [0.15, 0.2) is 5.60 Å². The van der Waals surface area contributed by atoms with Crippen LogP contribution >= 0.6 is 0 Å². The van der Waals surface area contributed by atoms with E-state index < -0.39 is 17.5 Å². The third-order valence-electron chi connectivity index (χ3n) is 2.46. The van der Waals surface area contributed by atoms with Gasteiger partial charge >= 0.3 is 5.97 Å². The van der Waals surface area contributed by atoms with Gasteiger partial charge in [0, 0.05) is 0 Å². The van der Waals surface area contributed by atoms with Crippen LogP contribution in [0.5, 0.6) is 0 Å². The van der Waals surface area contributed by atoms with Gasteiger partial charge < -0.3 is 9.84 Å². The molecule has 1 rings (SSSR count). The van der Waals surface area contributed by atoms with Crippen molar-refractivity contribution in [3.63, 3.8) is 0 Å². The molecule has 14 heavy (non-hydrogen) atoms. The molecule has 0 aliphatic heterocycles. The molecule has 1 N–H and O–H groups in total. The minimum absolute atomic E-state index is 0.203. The molecule has 1 saturated carbocycles. The molecule has 0 aromatic carbocycles. The molecule has 0 amide bonds. The van der Waals surface area contributed by atoms with Gasteiger partial charge in [-0.25, -0.2) is 0 Å². The maximum atomic E-state index is 11.5. The van der Waals surface area contributed by atoms with Crippen molar-refractivity contribution in [1.82, 2.24) is 0 Å². The zero-order valence-corrected chi connectivity index (χ0v) is 8.49. The lowest BCUT2D eigenvalue weighted by molar-refractivity contribution is -0.157. The molecule has 1 fully saturated rings.